The van der Waals surface area contributed by atoms with Crippen molar-refractivity contribution in [3.05, 3.63) is 59.4 Å². The van der Waals surface area contributed by atoms with Crippen LogP contribution in [0.5, 0.6) is 5.75 Å². The van der Waals surface area contributed by atoms with E-state index in [4.69, 9.17) is 9.47 Å². The Morgan fingerprint density at radius 2 is 1.77 bits per heavy atom. The predicted molar refractivity (Wildman–Crippen MR) is 183 cm³/mol. The molecule has 5 heterocycles. The Morgan fingerprint density at radius 1 is 1.04 bits per heavy atom. The molecule has 4 atom stereocenters. The first kappa shape index (κ1) is 35.4. The summed E-state index contributed by atoms with van der Waals surface area (Å²) >= 11 is 0. The molecule has 1 spiro atoms. The fourth-order valence-corrected chi connectivity index (χ4v) is 9.53. The van der Waals surface area contributed by atoms with E-state index in [9.17, 15) is 27.9 Å². The quantitative estimate of drug-likeness (QED) is 0.289. The largest absolute Gasteiger partial charge is 0.490 e. The summed E-state index contributed by atoms with van der Waals surface area (Å²) in [6.45, 7) is 4.16. The molecule has 282 valence electrons. The molecule has 3 aliphatic heterocycles. The van der Waals surface area contributed by atoms with Gasteiger partial charge in [0.2, 0.25) is 11.9 Å². The molecular formula is C37H41F4N7O5. The number of benzene rings is 1. The summed E-state index contributed by atoms with van der Waals surface area (Å²) in [6, 6.07) is 4.77. The first-order valence-corrected chi connectivity index (χ1v) is 18.2. The van der Waals surface area contributed by atoms with Gasteiger partial charge in [-0.1, -0.05) is 6.92 Å². The van der Waals surface area contributed by atoms with Crippen LogP contribution in [0.2, 0.25) is 0 Å². The number of hydrogen-bond acceptors (Lipinski definition) is 10. The summed E-state index contributed by atoms with van der Waals surface area (Å²) in [7, 11) is 0. The van der Waals surface area contributed by atoms with Crippen LogP contribution in [0.25, 0.3) is 0 Å². The lowest BCUT2D eigenvalue weighted by atomic mass is 9.76. The number of piperidine rings is 1. The number of halogens is 4. The van der Waals surface area contributed by atoms with Crippen molar-refractivity contribution >= 4 is 29.5 Å². The second kappa shape index (κ2) is 13.4. The molecule has 2 aromatic heterocycles. The minimum atomic E-state index is -5.10. The molecule has 5 aliphatic rings. The van der Waals surface area contributed by atoms with Crippen LogP contribution in [0.3, 0.4) is 0 Å². The van der Waals surface area contributed by atoms with Crippen LogP contribution in [0, 0.1) is 23.6 Å². The molecule has 2 bridgehead atoms. The van der Waals surface area contributed by atoms with E-state index in [1.165, 1.54) is 11.0 Å². The maximum Gasteiger partial charge on any atom is 0.434 e. The topological polar surface area (TPSA) is 143 Å². The Morgan fingerprint density at radius 3 is 2.47 bits per heavy atom. The number of carboxylic acids is 1. The van der Waals surface area contributed by atoms with E-state index < -0.39 is 57.9 Å². The van der Waals surface area contributed by atoms with E-state index >= 15 is 4.39 Å². The van der Waals surface area contributed by atoms with Crippen molar-refractivity contribution < 1.29 is 41.7 Å². The Bertz CT molecular complexity index is 1890. The average molecular weight is 740 g/mol. The number of anilines is 3. The Hall–Kier alpha value is -4.60. The van der Waals surface area contributed by atoms with Crippen molar-refractivity contribution in [1.29, 1.82) is 0 Å². The maximum absolute atomic E-state index is 16.3. The number of nitrogens with one attached hydrogen (secondary N) is 1. The lowest BCUT2D eigenvalue weighted by Gasteiger charge is -2.34. The van der Waals surface area contributed by atoms with Crippen molar-refractivity contribution in [2.75, 3.05) is 42.6 Å². The fourth-order valence-electron chi connectivity index (χ4n) is 9.53. The van der Waals surface area contributed by atoms with E-state index in [2.05, 4.69) is 30.2 Å². The average Bonchev–Trinajstić information content (AvgIpc) is 3.58. The molecule has 2 saturated carbocycles. The second-order valence-corrected chi connectivity index (χ2v) is 15.4. The number of fused-ring (bicyclic) bond motifs is 4. The van der Waals surface area contributed by atoms with E-state index in [-0.39, 0.29) is 36.6 Å². The van der Waals surface area contributed by atoms with Crippen LogP contribution < -0.4 is 19.9 Å². The number of aromatic nitrogens is 4. The number of aliphatic carboxylic acids is 1. The minimum Gasteiger partial charge on any atom is -0.490 e. The zero-order valence-electron chi connectivity index (χ0n) is 29.2. The highest BCUT2D eigenvalue weighted by Crippen LogP contribution is 2.53. The first-order chi connectivity index (χ1) is 25.3. The standard InChI is InChI=1S/C37H41F4N7O5/c1-21-13-22-15-23(14-21)36(18-22,32(50)51)46-31(49)26-19-44-34(45-30(26)37(39,40)41)48-20-35(5-11-52-12-6-35)27-16-25(17-28(38)29(27)48)53-24-3-9-47(10-4-24)33-42-7-2-8-43-33/h2,7-8,16-17,19,21-24H,3-6,9-15,18,20H2,1H3,(H,46,49)(H,50,51). The molecule has 3 aromatic rings. The lowest BCUT2D eigenvalue weighted by molar-refractivity contribution is -0.146. The van der Waals surface area contributed by atoms with Crippen molar-refractivity contribution in [3.8, 4) is 5.75 Å². The summed E-state index contributed by atoms with van der Waals surface area (Å²) < 4.78 is 72.4. The van der Waals surface area contributed by atoms with Crippen molar-refractivity contribution in [1.82, 2.24) is 25.3 Å². The molecule has 4 fully saturated rings. The van der Waals surface area contributed by atoms with Gasteiger partial charge in [-0.3, -0.25) is 4.79 Å². The Balaban J connectivity index is 1.08. The summed E-state index contributed by atoms with van der Waals surface area (Å²) in [4.78, 5) is 46.3. The number of alkyl halides is 3. The van der Waals surface area contributed by atoms with Crippen LogP contribution in [-0.4, -0.2) is 81.4 Å². The van der Waals surface area contributed by atoms with E-state index in [1.54, 1.807) is 24.5 Å². The molecule has 4 unspecified atom stereocenters. The van der Waals surface area contributed by atoms with E-state index in [0.29, 0.717) is 82.1 Å². The monoisotopic (exact) mass is 739 g/mol. The van der Waals surface area contributed by atoms with Crippen molar-refractivity contribution in [2.24, 2.45) is 17.8 Å². The fraction of sp³-hybridized carbons (Fsp3) is 0.568. The maximum atomic E-state index is 16.3. The minimum absolute atomic E-state index is 0.0530. The number of nitrogens with zero attached hydrogens (tertiary/aromatic N) is 6. The number of rotatable bonds is 7. The second-order valence-electron chi connectivity index (χ2n) is 15.4. The molecule has 2 saturated heterocycles. The van der Waals surface area contributed by atoms with Gasteiger partial charge in [-0.15, -0.1) is 0 Å². The third-order valence-electron chi connectivity index (χ3n) is 12.0. The summed E-state index contributed by atoms with van der Waals surface area (Å²) in [5, 5.41) is 12.8. The van der Waals surface area contributed by atoms with E-state index in [1.807, 2.05) is 6.92 Å². The number of carbonyl (C=O) groups is 2. The van der Waals surface area contributed by atoms with Crippen LogP contribution in [0.1, 0.15) is 79.9 Å². The van der Waals surface area contributed by atoms with Gasteiger partial charge in [-0.2, -0.15) is 13.2 Å². The van der Waals surface area contributed by atoms with Gasteiger partial charge in [0.1, 0.15) is 17.4 Å². The van der Waals surface area contributed by atoms with Gasteiger partial charge in [-0.05, 0) is 74.0 Å². The van der Waals surface area contributed by atoms with Gasteiger partial charge >= 0.3 is 12.1 Å². The molecule has 53 heavy (non-hydrogen) atoms. The zero-order chi connectivity index (χ0) is 37.1. The van der Waals surface area contributed by atoms with Gasteiger partial charge < -0.3 is 29.7 Å². The normalized spacial score (nSPS) is 26.8. The van der Waals surface area contributed by atoms with E-state index in [0.717, 1.165) is 12.6 Å². The molecule has 2 N–H and O–H groups in total. The summed E-state index contributed by atoms with van der Waals surface area (Å²) in [6.07, 6.45) is 3.21. The number of carboxylic acid groups (broad SMARTS) is 1. The first-order valence-electron chi connectivity index (χ1n) is 18.2. The molecule has 12 nitrogen and oxygen atoms in total. The van der Waals surface area contributed by atoms with Gasteiger partial charge in [0, 0.05) is 75.8 Å². The highest BCUT2D eigenvalue weighted by molar-refractivity contribution is 5.99. The van der Waals surface area contributed by atoms with Crippen LogP contribution in [0.15, 0.2) is 36.8 Å². The lowest BCUT2D eigenvalue weighted by Crippen LogP contribution is -2.57. The van der Waals surface area contributed by atoms with Gasteiger partial charge in [0.05, 0.1) is 11.3 Å². The number of carbonyl (C=O) groups excluding carboxylic acids is 1. The molecule has 1 aromatic carbocycles. The molecule has 1 amide bonds. The highest BCUT2D eigenvalue weighted by atomic mass is 19.4. The van der Waals surface area contributed by atoms with Crippen LogP contribution in [0.4, 0.5) is 35.1 Å². The van der Waals surface area contributed by atoms with Crippen LogP contribution >= 0.6 is 0 Å². The highest BCUT2D eigenvalue weighted by Gasteiger charge is 2.57. The van der Waals surface area contributed by atoms with Crippen molar-refractivity contribution in [3.63, 3.8) is 0 Å². The van der Waals surface area contributed by atoms with Crippen LogP contribution in [-0.2, 0) is 21.1 Å². The summed E-state index contributed by atoms with van der Waals surface area (Å²) in [5.41, 5.74) is -4.13. The zero-order valence-corrected chi connectivity index (χ0v) is 29.2. The SMILES string of the molecule is CC1CC2CC(C1)C(NC(=O)c1cnc(N3CC4(CCOCC4)c4cc(OC5CCN(c6ncccn6)CC5)cc(F)c43)nc1C(F)(F)F)(C(=O)O)C2. The predicted octanol–water partition coefficient (Wildman–Crippen LogP) is 5.68. The van der Waals surface area contributed by atoms with Crippen molar-refractivity contribution in [2.45, 2.75) is 81.5 Å². The third-order valence-corrected chi connectivity index (χ3v) is 12.0. The Kier molecular flexibility index (Phi) is 8.93. The smallest absolute Gasteiger partial charge is 0.434 e. The third kappa shape index (κ3) is 6.42. The van der Waals surface area contributed by atoms with Gasteiger partial charge in [0.25, 0.3) is 5.91 Å². The molecule has 16 heteroatoms. The molecular weight excluding hydrogens is 698 g/mol. The summed E-state index contributed by atoms with van der Waals surface area (Å²) in [5.74, 6) is -2.73. The van der Waals surface area contributed by atoms with Gasteiger partial charge in [-0.25, -0.2) is 29.1 Å². The number of hydrogen-bond donors (Lipinski definition) is 2. The van der Waals surface area contributed by atoms with Gasteiger partial charge in [0.15, 0.2) is 11.5 Å². The molecule has 2 aliphatic carbocycles. The number of ether oxygens (including phenoxy) is 2. The molecule has 0 radical (unpaired) electrons. The molecule has 8 rings (SSSR count). The Labute approximate surface area is 303 Å². The number of amides is 1.